The van der Waals surface area contributed by atoms with E-state index in [1.807, 2.05) is 18.7 Å². The van der Waals surface area contributed by atoms with Crippen molar-refractivity contribution in [2.24, 2.45) is 7.05 Å². The predicted octanol–water partition coefficient (Wildman–Crippen LogP) is 0.589. The number of rotatable bonds is 5. The molecule has 0 aliphatic rings. The molecule has 1 unspecified atom stereocenters. The molecule has 4 heteroatoms. The summed E-state index contributed by atoms with van der Waals surface area (Å²) in [5, 5.41) is 16.6. The van der Waals surface area contributed by atoms with Gasteiger partial charge >= 0.3 is 0 Å². The highest BCUT2D eigenvalue weighted by Crippen LogP contribution is 2.00. The number of aryl methyl sites for hydroxylation is 2. The van der Waals surface area contributed by atoms with Crippen LogP contribution in [0, 0.1) is 6.92 Å². The summed E-state index contributed by atoms with van der Waals surface area (Å²) in [6, 6.07) is 2.06. The third-order valence-corrected chi connectivity index (χ3v) is 2.14. The summed E-state index contributed by atoms with van der Waals surface area (Å²) in [4.78, 5) is 0. The molecule has 80 valence electrons. The summed E-state index contributed by atoms with van der Waals surface area (Å²) in [7, 11) is 1.94. The fourth-order valence-electron chi connectivity index (χ4n) is 1.36. The first-order chi connectivity index (χ1) is 6.59. The maximum absolute atomic E-state index is 9.05. The largest absolute Gasteiger partial charge is 0.393 e. The maximum atomic E-state index is 9.05. The summed E-state index contributed by atoms with van der Waals surface area (Å²) in [6.07, 6.45) is 0.562. The van der Waals surface area contributed by atoms with Crippen molar-refractivity contribution < 1.29 is 5.11 Å². The van der Waals surface area contributed by atoms with Crippen LogP contribution in [0.4, 0.5) is 0 Å². The van der Waals surface area contributed by atoms with E-state index in [9.17, 15) is 0 Å². The number of hydrogen-bond acceptors (Lipinski definition) is 3. The first-order valence-electron chi connectivity index (χ1n) is 4.98. The second-order valence-electron chi connectivity index (χ2n) is 3.72. The summed E-state index contributed by atoms with van der Waals surface area (Å²) >= 11 is 0. The van der Waals surface area contributed by atoms with Crippen LogP contribution in [0.15, 0.2) is 6.07 Å². The normalized spacial score (nSPS) is 13.1. The third-order valence-electron chi connectivity index (χ3n) is 2.14. The Hall–Kier alpha value is -0.870. The standard InChI is InChI=1S/C10H19N3O/c1-8-6-10(13(3)12-8)7-11-5-4-9(2)14/h6,9,11,14H,4-5,7H2,1-3H3. The van der Waals surface area contributed by atoms with E-state index < -0.39 is 0 Å². The second kappa shape index (κ2) is 5.12. The zero-order chi connectivity index (χ0) is 10.6. The Morgan fingerprint density at radius 1 is 1.64 bits per heavy atom. The Bertz CT molecular complexity index is 281. The Morgan fingerprint density at radius 2 is 2.36 bits per heavy atom. The number of aromatic nitrogens is 2. The van der Waals surface area contributed by atoms with Crippen LogP contribution in [0.2, 0.25) is 0 Å². The SMILES string of the molecule is Cc1cc(CNCCC(C)O)n(C)n1. The van der Waals surface area contributed by atoms with E-state index in [2.05, 4.69) is 16.5 Å². The van der Waals surface area contributed by atoms with Crippen molar-refractivity contribution in [3.8, 4) is 0 Å². The lowest BCUT2D eigenvalue weighted by molar-refractivity contribution is 0.183. The first kappa shape index (κ1) is 11.2. The van der Waals surface area contributed by atoms with Gasteiger partial charge in [-0.3, -0.25) is 4.68 Å². The van der Waals surface area contributed by atoms with E-state index in [1.165, 1.54) is 5.69 Å². The molecule has 0 spiro atoms. The van der Waals surface area contributed by atoms with Crippen molar-refractivity contribution >= 4 is 0 Å². The maximum Gasteiger partial charge on any atom is 0.0597 e. The number of nitrogens with zero attached hydrogens (tertiary/aromatic N) is 2. The number of aliphatic hydroxyl groups is 1. The van der Waals surface area contributed by atoms with Crippen molar-refractivity contribution in [3.05, 3.63) is 17.5 Å². The highest BCUT2D eigenvalue weighted by atomic mass is 16.3. The molecule has 0 radical (unpaired) electrons. The predicted molar refractivity (Wildman–Crippen MR) is 55.9 cm³/mol. The smallest absolute Gasteiger partial charge is 0.0597 e. The van der Waals surface area contributed by atoms with E-state index in [0.717, 1.165) is 25.2 Å². The van der Waals surface area contributed by atoms with E-state index in [4.69, 9.17) is 5.11 Å². The van der Waals surface area contributed by atoms with Gasteiger partial charge in [-0.05, 0) is 32.9 Å². The minimum Gasteiger partial charge on any atom is -0.393 e. The van der Waals surface area contributed by atoms with Crippen LogP contribution in [0.5, 0.6) is 0 Å². The number of nitrogens with one attached hydrogen (secondary N) is 1. The average Bonchev–Trinajstić information content (AvgIpc) is 2.39. The average molecular weight is 197 g/mol. The lowest BCUT2D eigenvalue weighted by Gasteiger charge is -2.06. The molecule has 1 aromatic heterocycles. The van der Waals surface area contributed by atoms with Gasteiger partial charge < -0.3 is 10.4 Å². The zero-order valence-corrected chi connectivity index (χ0v) is 9.12. The summed E-state index contributed by atoms with van der Waals surface area (Å²) in [6.45, 7) is 5.43. The van der Waals surface area contributed by atoms with Gasteiger partial charge in [-0.2, -0.15) is 5.10 Å². The molecule has 4 nitrogen and oxygen atoms in total. The monoisotopic (exact) mass is 197 g/mol. The van der Waals surface area contributed by atoms with Gasteiger partial charge in [-0.15, -0.1) is 0 Å². The highest BCUT2D eigenvalue weighted by Gasteiger charge is 2.01. The summed E-state index contributed by atoms with van der Waals surface area (Å²) in [5.41, 5.74) is 2.22. The molecule has 0 fully saturated rings. The quantitative estimate of drug-likeness (QED) is 0.679. The van der Waals surface area contributed by atoms with Crippen molar-refractivity contribution in [2.45, 2.75) is 32.9 Å². The van der Waals surface area contributed by atoms with Gasteiger partial charge in [0.25, 0.3) is 0 Å². The molecule has 0 amide bonds. The minimum atomic E-state index is -0.226. The van der Waals surface area contributed by atoms with Crippen LogP contribution in [-0.2, 0) is 13.6 Å². The van der Waals surface area contributed by atoms with Crippen molar-refractivity contribution in [2.75, 3.05) is 6.54 Å². The first-order valence-corrected chi connectivity index (χ1v) is 4.98. The molecule has 0 aromatic carbocycles. The molecule has 1 rings (SSSR count). The molecular weight excluding hydrogens is 178 g/mol. The fraction of sp³-hybridized carbons (Fsp3) is 0.700. The van der Waals surface area contributed by atoms with Crippen LogP contribution in [-0.4, -0.2) is 27.5 Å². The van der Waals surface area contributed by atoms with E-state index in [0.29, 0.717) is 0 Å². The molecule has 2 N–H and O–H groups in total. The molecule has 1 aromatic rings. The van der Waals surface area contributed by atoms with Gasteiger partial charge in [0.15, 0.2) is 0 Å². The van der Waals surface area contributed by atoms with Gasteiger partial charge in [0.2, 0.25) is 0 Å². The van der Waals surface area contributed by atoms with Gasteiger partial charge in [-0.1, -0.05) is 0 Å². The van der Waals surface area contributed by atoms with E-state index >= 15 is 0 Å². The summed E-state index contributed by atoms with van der Waals surface area (Å²) in [5.74, 6) is 0. The van der Waals surface area contributed by atoms with Gasteiger partial charge in [-0.25, -0.2) is 0 Å². The number of aliphatic hydroxyl groups excluding tert-OH is 1. The van der Waals surface area contributed by atoms with Crippen LogP contribution < -0.4 is 5.32 Å². The van der Waals surface area contributed by atoms with Gasteiger partial charge in [0.1, 0.15) is 0 Å². The lowest BCUT2D eigenvalue weighted by Crippen LogP contribution is -2.20. The third kappa shape index (κ3) is 3.47. The Morgan fingerprint density at radius 3 is 2.86 bits per heavy atom. The van der Waals surface area contributed by atoms with Crippen LogP contribution >= 0.6 is 0 Å². The number of hydrogen-bond donors (Lipinski definition) is 2. The Balaban J connectivity index is 2.28. The van der Waals surface area contributed by atoms with Crippen molar-refractivity contribution in [3.63, 3.8) is 0 Å². The fourth-order valence-corrected chi connectivity index (χ4v) is 1.36. The molecule has 0 saturated heterocycles. The zero-order valence-electron chi connectivity index (χ0n) is 9.12. The molecule has 0 aliphatic carbocycles. The second-order valence-corrected chi connectivity index (χ2v) is 3.72. The van der Waals surface area contributed by atoms with Crippen molar-refractivity contribution in [1.29, 1.82) is 0 Å². The molecule has 14 heavy (non-hydrogen) atoms. The molecule has 1 atom stereocenters. The van der Waals surface area contributed by atoms with E-state index in [1.54, 1.807) is 6.92 Å². The molecule has 1 heterocycles. The topological polar surface area (TPSA) is 50.1 Å². The van der Waals surface area contributed by atoms with Crippen LogP contribution in [0.3, 0.4) is 0 Å². The Kier molecular flexibility index (Phi) is 4.10. The van der Waals surface area contributed by atoms with E-state index in [-0.39, 0.29) is 6.10 Å². The Labute approximate surface area is 84.9 Å². The molecule has 0 saturated carbocycles. The summed E-state index contributed by atoms with van der Waals surface area (Å²) < 4.78 is 1.88. The molecular formula is C10H19N3O. The van der Waals surface area contributed by atoms with Crippen LogP contribution in [0.1, 0.15) is 24.7 Å². The van der Waals surface area contributed by atoms with Crippen LogP contribution in [0.25, 0.3) is 0 Å². The minimum absolute atomic E-state index is 0.226. The molecule has 0 aliphatic heterocycles. The van der Waals surface area contributed by atoms with Crippen molar-refractivity contribution in [1.82, 2.24) is 15.1 Å². The molecule has 0 bridgehead atoms. The van der Waals surface area contributed by atoms with Gasteiger partial charge in [0, 0.05) is 13.6 Å². The lowest BCUT2D eigenvalue weighted by atomic mass is 10.3. The highest BCUT2D eigenvalue weighted by molar-refractivity contribution is 5.08. The van der Waals surface area contributed by atoms with Gasteiger partial charge in [0.05, 0.1) is 17.5 Å².